The summed E-state index contributed by atoms with van der Waals surface area (Å²) >= 11 is 0. The molecule has 0 spiro atoms. The van der Waals surface area contributed by atoms with Crippen LogP contribution in [0.2, 0.25) is 0 Å². The van der Waals surface area contributed by atoms with Crippen LogP contribution in [-0.2, 0) is 9.59 Å². The Labute approximate surface area is 282 Å². The molecule has 2 aromatic rings. The highest BCUT2D eigenvalue weighted by Gasteiger charge is 2.37. The number of imide groups is 2. The van der Waals surface area contributed by atoms with E-state index in [0.717, 1.165) is 89.9 Å². The molecule has 2 heterocycles. The number of benzene rings is 2. The number of nitrogens with zero attached hydrogens (tertiary/aromatic N) is 2. The lowest BCUT2D eigenvalue weighted by atomic mass is 9.97. The Morgan fingerprint density at radius 3 is 1.04 bits per heavy atom. The molecule has 0 fully saturated rings. The van der Waals surface area contributed by atoms with Crippen molar-refractivity contribution < 1.29 is 39.0 Å². The summed E-state index contributed by atoms with van der Waals surface area (Å²) in [6.45, 7) is 0.723. The molecule has 2 aromatic carbocycles. The van der Waals surface area contributed by atoms with Gasteiger partial charge in [-0.15, -0.1) is 0 Å². The fourth-order valence-electron chi connectivity index (χ4n) is 6.56. The highest BCUT2D eigenvalue weighted by Crippen LogP contribution is 2.32. The molecule has 0 aliphatic carbocycles. The van der Waals surface area contributed by atoms with Crippen LogP contribution >= 0.6 is 0 Å². The molecule has 48 heavy (non-hydrogen) atoms. The number of rotatable bonds is 23. The van der Waals surface area contributed by atoms with Gasteiger partial charge in [-0.2, -0.15) is 0 Å². The number of fused-ring (bicyclic) bond motifs is 2. The third-order valence-corrected chi connectivity index (χ3v) is 9.32. The van der Waals surface area contributed by atoms with Crippen LogP contribution in [0.1, 0.15) is 157 Å². The van der Waals surface area contributed by atoms with E-state index >= 15 is 0 Å². The maximum Gasteiger partial charge on any atom is 0.303 e. The Bertz CT molecular complexity index is 1390. The van der Waals surface area contributed by atoms with Crippen molar-refractivity contribution in [2.24, 2.45) is 0 Å². The molecule has 2 N–H and O–H groups in total. The minimum atomic E-state index is -0.751. The third kappa shape index (κ3) is 9.84. The highest BCUT2D eigenvalue weighted by atomic mass is 16.4. The molecule has 2 aliphatic rings. The molecule has 10 heteroatoms. The fraction of sp³-hybridized carbons (Fsp3) is 0.526. The minimum Gasteiger partial charge on any atom is -0.481 e. The molecule has 258 valence electrons. The summed E-state index contributed by atoms with van der Waals surface area (Å²) in [6, 6.07) is 10.3. The van der Waals surface area contributed by atoms with Gasteiger partial charge in [0.2, 0.25) is 0 Å². The lowest BCUT2D eigenvalue weighted by Crippen LogP contribution is -2.30. The second kappa shape index (κ2) is 18.3. The zero-order valence-corrected chi connectivity index (χ0v) is 27.8. The highest BCUT2D eigenvalue weighted by molar-refractivity contribution is 6.23. The van der Waals surface area contributed by atoms with Crippen LogP contribution in [-0.4, -0.2) is 68.7 Å². The summed E-state index contributed by atoms with van der Waals surface area (Å²) in [4.78, 5) is 76.2. The van der Waals surface area contributed by atoms with Crippen LogP contribution in [0.4, 0.5) is 0 Å². The summed E-state index contributed by atoms with van der Waals surface area (Å²) < 4.78 is 0. The molecule has 2 aliphatic heterocycles. The normalized spacial score (nSPS) is 13.8. The largest absolute Gasteiger partial charge is 0.481 e. The van der Waals surface area contributed by atoms with Crippen molar-refractivity contribution in [3.8, 4) is 11.1 Å². The summed E-state index contributed by atoms with van der Waals surface area (Å²) in [5, 5.41) is 17.4. The van der Waals surface area contributed by atoms with Crippen molar-refractivity contribution in [3.05, 3.63) is 58.7 Å². The van der Waals surface area contributed by atoms with Crippen LogP contribution < -0.4 is 0 Å². The van der Waals surface area contributed by atoms with Gasteiger partial charge in [-0.1, -0.05) is 89.2 Å². The van der Waals surface area contributed by atoms with Gasteiger partial charge in [-0.25, -0.2) is 0 Å². The Morgan fingerprint density at radius 1 is 0.417 bits per heavy atom. The quantitative estimate of drug-likeness (QED) is 0.0908. The molecule has 0 aromatic heterocycles. The molecule has 0 radical (unpaired) electrons. The summed E-state index contributed by atoms with van der Waals surface area (Å²) in [6.07, 6.45) is 15.2. The SMILES string of the molecule is O=C(O)CCCCCCCCCCN1C(=O)c2ccc(-c3ccc4c(c3)C(=O)N(CCCCCCCCCCC(=O)O)C4=O)cc2C1=O. The van der Waals surface area contributed by atoms with Gasteiger partial charge < -0.3 is 10.2 Å². The van der Waals surface area contributed by atoms with E-state index in [0.29, 0.717) is 59.3 Å². The molecular weight excluding hydrogens is 612 g/mol. The van der Waals surface area contributed by atoms with Crippen molar-refractivity contribution in [2.45, 2.75) is 116 Å². The van der Waals surface area contributed by atoms with E-state index in [2.05, 4.69) is 0 Å². The van der Waals surface area contributed by atoms with E-state index in [1.807, 2.05) is 0 Å². The summed E-state index contributed by atoms with van der Waals surface area (Å²) in [5.74, 6) is -2.71. The maximum atomic E-state index is 13.2. The van der Waals surface area contributed by atoms with Gasteiger partial charge in [0.05, 0.1) is 22.3 Å². The van der Waals surface area contributed by atoms with Gasteiger partial charge in [-0.05, 0) is 61.1 Å². The zero-order valence-electron chi connectivity index (χ0n) is 27.8. The fourth-order valence-corrected chi connectivity index (χ4v) is 6.56. The van der Waals surface area contributed by atoms with E-state index in [1.165, 1.54) is 9.80 Å². The van der Waals surface area contributed by atoms with E-state index in [9.17, 15) is 28.8 Å². The average molecular weight is 661 g/mol. The van der Waals surface area contributed by atoms with Gasteiger partial charge in [0.1, 0.15) is 0 Å². The van der Waals surface area contributed by atoms with Crippen molar-refractivity contribution in [2.75, 3.05) is 13.1 Å². The number of carbonyl (C=O) groups is 6. The van der Waals surface area contributed by atoms with Gasteiger partial charge in [0, 0.05) is 25.9 Å². The monoisotopic (exact) mass is 660 g/mol. The van der Waals surface area contributed by atoms with Gasteiger partial charge in [-0.3, -0.25) is 38.6 Å². The van der Waals surface area contributed by atoms with Crippen LogP contribution in [0.5, 0.6) is 0 Å². The van der Waals surface area contributed by atoms with Crippen LogP contribution in [0.15, 0.2) is 36.4 Å². The number of unbranched alkanes of at least 4 members (excludes halogenated alkanes) is 14. The minimum absolute atomic E-state index is 0.221. The van der Waals surface area contributed by atoms with Crippen molar-refractivity contribution in [1.29, 1.82) is 0 Å². The Balaban J connectivity index is 1.22. The number of amides is 4. The summed E-state index contributed by atoms with van der Waals surface area (Å²) in [7, 11) is 0. The number of carboxylic acids is 2. The Kier molecular flexibility index (Phi) is 13.9. The standard InChI is InChI=1S/C38H48N2O8/c41-33(42)17-13-9-5-1-3-7-11-15-23-39-35(45)29-21-19-27(25-31(29)37(39)47)28-20-22-30-32(26-28)38(48)40(36(30)46)24-16-12-8-4-2-6-10-14-18-34(43)44/h19-22,25-26H,1-18,23-24H2,(H,41,42)(H,43,44). The zero-order chi connectivity index (χ0) is 34.5. The maximum absolute atomic E-state index is 13.2. The van der Waals surface area contributed by atoms with Crippen molar-refractivity contribution in [3.63, 3.8) is 0 Å². The lowest BCUT2D eigenvalue weighted by Gasteiger charge is -2.13. The first-order chi connectivity index (χ1) is 23.2. The van der Waals surface area contributed by atoms with Gasteiger partial charge in [0.15, 0.2) is 0 Å². The molecule has 0 saturated carbocycles. The molecule has 0 saturated heterocycles. The number of hydrogen-bond donors (Lipinski definition) is 2. The predicted octanol–water partition coefficient (Wildman–Crippen LogP) is 7.74. The topological polar surface area (TPSA) is 149 Å². The predicted molar refractivity (Wildman–Crippen MR) is 181 cm³/mol. The smallest absolute Gasteiger partial charge is 0.303 e. The molecular formula is C38H48N2O8. The van der Waals surface area contributed by atoms with Crippen LogP contribution in [0, 0.1) is 0 Å². The molecule has 0 atom stereocenters. The van der Waals surface area contributed by atoms with E-state index < -0.39 is 11.9 Å². The van der Waals surface area contributed by atoms with Crippen molar-refractivity contribution in [1.82, 2.24) is 9.80 Å². The van der Waals surface area contributed by atoms with Crippen molar-refractivity contribution >= 4 is 35.6 Å². The third-order valence-electron chi connectivity index (χ3n) is 9.32. The first-order valence-corrected chi connectivity index (χ1v) is 17.6. The van der Waals surface area contributed by atoms with Crippen LogP contribution in [0.25, 0.3) is 11.1 Å². The molecule has 0 unspecified atom stereocenters. The number of aliphatic carboxylic acids is 2. The van der Waals surface area contributed by atoms with E-state index in [4.69, 9.17) is 10.2 Å². The average Bonchev–Trinajstić information content (AvgIpc) is 3.45. The van der Waals surface area contributed by atoms with Crippen LogP contribution in [0.3, 0.4) is 0 Å². The Morgan fingerprint density at radius 2 is 0.708 bits per heavy atom. The molecule has 4 amide bonds. The number of hydrogen-bond acceptors (Lipinski definition) is 6. The van der Waals surface area contributed by atoms with E-state index in [-0.39, 0.29) is 36.5 Å². The second-order valence-electron chi connectivity index (χ2n) is 13.0. The van der Waals surface area contributed by atoms with Gasteiger partial charge >= 0.3 is 11.9 Å². The summed E-state index contributed by atoms with van der Waals surface area (Å²) in [5.41, 5.74) is 2.85. The van der Waals surface area contributed by atoms with E-state index in [1.54, 1.807) is 36.4 Å². The second-order valence-corrected chi connectivity index (χ2v) is 13.0. The van der Waals surface area contributed by atoms with Gasteiger partial charge in [0.25, 0.3) is 23.6 Å². The number of carboxylic acid groups (broad SMARTS) is 2. The molecule has 0 bridgehead atoms. The first-order valence-electron chi connectivity index (χ1n) is 17.6. The number of carbonyl (C=O) groups excluding carboxylic acids is 4. The molecule has 10 nitrogen and oxygen atoms in total. The first kappa shape index (κ1) is 36.5. The molecule has 4 rings (SSSR count). The lowest BCUT2D eigenvalue weighted by molar-refractivity contribution is -0.138. The Hall–Kier alpha value is -4.34.